The highest BCUT2D eigenvalue weighted by Gasteiger charge is 2.46. The molecule has 0 amide bonds. The minimum Gasteiger partial charge on any atom is -0.299 e. The van der Waals surface area contributed by atoms with E-state index in [1.54, 1.807) is 0 Å². The smallest absolute Gasteiger partial charge is 0.116 e. The van der Waals surface area contributed by atoms with Gasteiger partial charge >= 0.3 is 0 Å². The molecule has 1 aromatic carbocycles. The molecule has 1 aliphatic heterocycles. The van der Waals surface area contributed by atoms with Crippen LogP contribution < -0.4 is 0 Å². The van der Waals surface area contributed by atoms with Crippen molar-refractivity contribution in [2.24, 2.45) is 11.8 Å². The predicted octanol–water partition coefficient (Wildman–Crippen LogP) is 4.04. The van der Waals surface area contributed by atoms with E-state index < -0.39 is 5.67 Å². The fourth-order valence-corrected chi connectivity index (χ4v) is 3.66. The Bertz CT molecular complexity index is 403. The van der Waals surface area contributed by atoms with Gasteiger partial charge in [-0.25, -0.2) is 4.39 Å². The summed E-state index contributed by atoms with van der Waals surface area (Å²) in [6, 6.07) is 10.5. The summed E-state index contributed by atoms with van der Waals surface area (Å²) in [4.78, 5) is 2.40. The third kappa shape index (κ3) is 2.84. The Morgan fingerprint density at radius 2 is 1.79 bits per heavy atom. The molecular weight excluding hydrogens is 237 g/mol. The van der Waals surface area contributed by atoms with Crippen LogP contribution in [0.3, 0.4) is 0 Å². The minimum absolute atomic E-state index is 0.348. The quantitative estimate of drug-likeness (QED) is 0.794. The third-order valence-electron chi connectivity index (χ3n) is 5.04. The van der Waals surface area contributed by atoms with Gasteiger partial charge in [0.05, 0.1) is 0 Å². The number of hydrogen-bond donors (Lipinski definition) is 0. The van der Waals surface area contributed by atoms with Gasteiger partial charge in [0, 0.05) is 19.6 Å². The molecule has 2 aliphatic rings. The average Bonchev–Trinajstić information content (AvgIpc) is 2.39. The maximum atomic E-state index is 14.9. The van der Waals surface area contributed by atoms with Crippen molar-refractivity contribution < 1.29 is 4.39 Å². The van der Waals surface area contributed by atoms with Gasteiger partial charge in [0.25, 0.3) is 0 Å². The van der Waals surface area contributed by atoms with E-state index in [9.17, 15) is 4.39 Å². The normalized spacial score (nSPS) is 30.8. The van der Waals surface area contributed by atoms with Gasteiger partial charge < -0.3 is 0 Å². The second-order valence-corrected chi connectivity index (χ2v) is 6.57. The van der Waals surface area contributed by atoms with E-state index in [1.807, 2.05) is 6.07 Å². The maximum Gasteiger partial charge on any atom is 0.116 e. The summed E-state index contributed by atoms with van der Waals surface area (Å²) in [6.07, 6.45) is 3.68. The van der Waals surface area contributed by atoms with Crippen molar-refractivity contribution in [1.82, 2.24) is 4.90 Å². The summed E-state index contributed by atoms with van der Waals surface area (Å²) >= 11 is 0. The average molecular weight is 261 g/mol. The van der Waals surface area contributed by atoms with Crippen molar-refractivity contribution in [2.45, 2.75) is 44.8 Å². The number of benzene rings is 1. The molecule has 1 nitrogen and oxygen atoms in total. The SMILES string of the molecule is CC1CC(C2(F)CCN(Cc3ccccc3)CC2)C1. The molecule has 0 atom stereocenters. The molecule has 0 N–H and O–H groups in total. The van der Waals surface area contributed by atoms with Gasteiger partial charge in [0.2, 0.25) is 0 Å². The van der Waals surface area contributed by atoms with Crippen LogP contribution in [0.4, 0.5) is 4.39 Å². The topological polar surface area (TPSA) is 3.24 Å². The Morgan fingerprint density at radius 3 is 2.37 bits per heavy atom. The molecule has 1 aromatic rings. The second-order valence-electron chi connectivity index (χ2n) is 6.57. The number of halogens is 1. The van der Waals surface area contributed by atoms with Crippen molar-refractivity contribution in [3.63, 3.8) is 0 Å². The highest BCUT2D eigenvalue weighted by Crippen LogP contribution is 2.47. The van der Waals surface area contributed by atoms with Crippen LogP contribution in [-0.4, -0.2) is 23.7 Å². The van der Waals surface area contributed by atoms with E-state index in [1.165, 1.54) is 5.56 Å². The first-order valence-electron chi connectivity index (χ1n) is 7.61. The predicted molar refractivity (Wildman–Crippen MR) is 76.7 cm³/mol. The molecule has 104 valence electrons. The van der Waals surface area contributed by atoms with Crippen LogP contribution in [-0.2, 0) is 6.54 Å². The first-order valence-corrected chi connectivity index (χ1v) is 7.61. The lowest BCUT2D eigenvalue weighted by molar-refractivity contribution is -0.0439. The Balaban J connectivity index is 1.52. The molecule has 0 spiro atoms. The summed E-state index contributed by atoms with van der Waals surface area (Å²) in [5, 5.41) is 0. The molecule has 1 saturated carbocycles. The standard InChI is InChI=1S/C17H24FN/c1-14-11-16(12-14)17(18)7-9-19(10-8-17)13-15-5-3-2-4-6-15/h2-6,14,16H,7-13H2,1H3. The monoisotopic (exact) mass is 261 g/mol. The summed E-state index contributed by atoms with van der Waals surface area (Å²) in [5.41, 5.74) is 0.478. The molecule has 0 bridgehead atoms. The van der Waals surface area contributed by atoms with Crippen molar-refractivity contribution in [3.05, 3.63) is 35.9 Å². The Morgan fingerprint density at radius 1 is 1.16 bits per heavy atom. The van der Waals surface area contributed by atoms with Gasteiger partial charge in [0.15, 0.2) is 0 Å². The van der Waals surface area contributed by atoms with Crippen LogP contribution in [0, 0.1) is 11.8 Å². The molecule has 1 aliphatic carbocycles. The number of piperidine rings is 1. The van der Waals surface area contributed by atoms with Crippen LogP contribution in [0.2, 0.25) is 0 Å². The lowest BCUT2D eigenvalue weighted by atomic mass is 9.65. The summed E-state index contributed by atoms with van der Waals surface area (Å²) in [7, 11) is 0. The summed E-state index contributed by atoms with van der Waals surface area (Å²) in [6.45, 7) is 5.04. The van der Waals surface area contributed by atoms with E-state index in [0.717, 1.165) is 51.2 Å². The summed E-state index contributed by atoms with van der Waals surface area (Å²) in [5.74, 6) is 1.10. The van der Waals surface area contributed by atoms with Crippen LogP contribution in [0.5, 0.6) is 0 Å². The van der Waals surface area contributed by atoms with E-state index in [2.05, 4.69) is 36.1 Å². The fraction of sp³-hybridized carbons (Fsp3) is 0.647. The first-order chi connectivity index (χ1) is 9.16. The van der Waals surface area contributed by atoms with Gasteiger partial charge in [-0.3, -0.25) is 4.90 Å². The van der Waals surface area contributed by atoms with Gasteiger partial charge in [-0.2, -0.15) is 0 Å². The van der Waals surface area contributed by atoms with Crippen LogP contribution in [0.1, 0.15) is 38.2 Å². The van der Waals surface area contributed by atoms with Gasteiger partial charge in [-0.1, -0.05) is 37.3 Å². The summed E-state index contributed by atoms with van der Waals surface area (Å²) < 4.78 is 14.9. The molecule has 0 aromatic heterocycles. The number of likely N-dealkylation sites (tertiary alicyclic amines) is 1. The number of hydrogen-bond acceptors (Lipinski definition) is 1. The zero-order chi connectivity index (χ0) is 13.3. The lowest BCUT2D eigenvalue weighted by Gasteiger charge is -2.47. The highest BCUT2D eigenvalue weighted by molar-refractivity contribution is 5.14. The molecule has 19 heavy (non-hydrogen) atoms. The van der Waals surface area contributed by atoms with Crippen molar-refractivity contribution in [3.8, 4) is 0 Å². The molecule has 1 heterocycles. The Labute approximate surface area is 115 Å². The Kier molecular flexibility index (Phi) is 3.62. The van der Waals surface area contributed by atoms with Crippen molar-refractivity contribution in [1.29, 1.82) is 0 Å². The fourth-order valence-electron chi connectivity index (χ4n) is 3.66. The first kappa shape index (κ1) is 13.1. The highest BCUT2D eigenvalue weighted by atomic mass is 19.1. The van der Waals surface area contributed by atoms with Gasteiger partial charge in [0.1, 0.15) is 5.67 Å². The molecule has 1 saturated heterocycles. The van der Waals surface area contributed by atoms with Crippen molar-refractivity contribution in [2.75, 3.05) is 13.1 Å². The van der Waals surface area contributed by atoms with E-state index in [-0.39, 0.29) is 0 Å². The lowest BCUT2D eigenvalue weighted by Crippen LogP contribution is -2.49. The molecule has 2 fully saturated rings. The maximum absolute atomic E-state index is 14.9. The minimum atomic E-state index is -0.861. The van der Waals surface area contributed by atoms with Crippen LogP contribution in [0.15, 0.2) is 30.3 Å². The van der Waals surface area contributed by atoms with E-state index in [0.29, 0.717) is 5.92 Å². The molecule has 0 unspecified atom stereocenters. The van der Waals surface area contributed by atoms with E-state index >= 15 is 0 Å². The van der Waals surface area contributed by atoms with Crippen LogP contribution in [0.25, 0.3) is 0 Å². The molecule has 2 heteroatoms. The van der Waals surface area contributed by atoms with Gasteiger partial charge in [-0.05, 0) is 43.1 Å². The number of nitrogens with zero attached hydrogens (tertiary/aromatic N) is 1. The second kappa shape index (κ2) is 5.24. The molecular formula is C17H24FN. The Hall–Kier alpha value is -0.890. The third-order valence-corrected chi connectivity index (χ3v) is 5.04. The van der Waals surface area contributed by atoms with E-state index in [4.69, 9.17) is 0 Å². The largest absolute Gasteiger partial charge is 0.299 e. The van der Waals surface area contributed by atoms with Crippen molar-refractivity contribution >= 4 is 0 Å². The molecule has 3 rings (SSSR count). The zero-order valence-corrected chi connectivity index (χ0v) is 11.8. The molecule has 0 radical (unpaired) electrons. The van der Waals surface area contributed by atoms with Gasteiger partial charge in [-0.15, -0.1) is 0 Å². The zero-order valence-electron chi connectivity index (χ0n) is 11.8. The number of alkyl halides is 1. The van der Waals surface area contributed by atoms with Crippen LogP contribution >= 0.6 is 0 Å². The number of rotatable bonds is 3.